The van der Waals surface area contributed by atoms with Crippen molar-refractivity contribution in [2.24, 2.45) is 5.73 Å². The van der Waals surface area contributed by atoms with E-state index in [1.165, 1.54) is 5.43 Å². The molecule has 0 fully saturated rings. The molecule has 0 aliphatic rings. The van der Waals surface area contributed by atoms with Crippen molar-refractivity contribution >= 4 is 16.2 Å². The minimum absolute atomic E-state index is 0.560. The zero-order valence-electron chi connectivity index (χ0n) is 5.87. The van der Waals surface area contributed by atoms with Crippen LogP contribution < -0.4 is 11.2 Å². The van der Waals surface area contributed by atoms with E-state index in [2.05, 4.69) is 5.73 Å². The van der Waals surface area contributed by atoms with Crippen molar-refractivity contribution in [2.75, 3.05) is 0 Å². The van der Waals surface area contributed by atoms with Gasteiger partial charge in [-0.2, -0.15) is 5.26 Å². The molecule has 13 heavy (non-hydrogen) atoms. The van der Waals surface area contributed by atoms with E-state index < -0.39 is 25.0 Å². The minimum Gasteiger partial charge on any atom is -0.350 e. The number of nitro groups is 1. The number of urea groups is 1. The number of nitrogens with one attached hydrogen (secondary N) is 1. The first-order valence-electron chi connectivity index (χ1n) is 2.48. The molecule has 0 aliphatic heterocycles. The van der Waals surface area contributed by atoms with E-state index >= 15 is 0 Å². The van der Waals surface area contributed by atoms with Crippen LogP contribution in [0.25, 0.3) is 0 Å². The normalized spacial score (nSPS) is 9.77. The Morgan fingerprint density at radius 1 is 1.69 bits per heavy atom. The molecule has 72 valence electrons. The van der Waals surface area contributed by atoms with Gasteiger partial charge in [-0.3, -0.25) is 0 Å². The van der Waals surface area contributed by atoms with Gasteiger partial charge in [-0.05, 0) is 4.41 Å². The summed E-state index contributed by atoms with van der Waals surface area (Å²) in [6.07, 6.45) is 0.847. The molecule has 0 atom stereocenters. The Hall–Kier alpha value is -2.09. The standard InChI is InChI=1S/C2H3N5O5S/c3-1-6(5-2(4)8)13(11,12)7(9)10/h(H3,4,5,8). The molecule has 10 nitrogen and oxygen atoms in total. The maximum Gasteiger partial charge on any atom is 0.551 e. The Bertz CT molecular complexity index is 365. The number of hydrazine groups is 1. The zero-order valence-corrected chi connectivity index (χ0v) is 6.68. The quantitative estimate of drug-likeness (QED) is 0.233. The molecule has 0 aromatic rings. The predicted molar refractivity (Wildman–Crippen MR) is 36.1 cm³/mol. The van der Waals surface area contributed by atoms with Crippen LogP contribution in [0.3, 0.4) is 0 Å². The van der Waals surface area contributed by atoms with Gasteiger partial charge in [0, 0.05) is 0 Å². The third kappa shape index (κ3) is 2.45. The summed E-state index contributed by atoms with van der Waals surface area (Å²) in [5.41, 5.74) is 5.67. The third-order valence-electron chi connectivity index (χ3n) is 0.722. The monoisotopic (exact) mass is 209 g/mol. The molecular weight excluding hydrogens is 206 g/mol. The lowest BCUT2D eigenvalue weighted by Crippen LogP contribution is -2.47. The Kier molecular flexibility index (Phi) is 2.97. The first kappa shape index (κ1) is 10.9. The highest BCUT2D eigenvalue weighted by Gasteiger charge is 2.34. The van der Waals surface area contributed by atoms with Crippen LogP contribution in [0.1, 0.15) is 0 Å². The van der Waals surface area contributed by atoms with Gasteiger partial charge in [0.15, 0.2) is 4.33 Å². The number of nitriles is 1. The van der Waals surface area contributed by atoms with Gasteiger partial charge < -0.3 is 5.73 Å². The second kappa shape index (κ2) is 3.54. The topological polar surface area (TPSA) is 159 Å². The van der Waals surface area contributed by atoms with Crippen molar-refractivity contribution in [3.8, 4) is 6.19 Å². The molecule has 0 aromatic carbocycles. The molecule has 2 amide bonds. The summed E-state index contributed by atoms with van der Waals surface area (Å²) in [6.45, 7) is 0. The summed E-state index contributed by atoms with van der Waals surface area (Å²) in [5, 5.41) is 17.9. The van der Waals surface area contributed by atoms with E-state index in [1.54, 1.807) is 0 Å². The van der Waals surface area contributed by atoms with Crippen molar-refractivity contribution in [1.82, 2.24) is 9.84 Å². The van der Waals surface area contributed by atoms with E-state index in [1.807, 2.05) is 0 Å². The smallest absolute Gasteiger partial charge is 0.350 e. The van der Waals surface area contributed by atoms with E-state index in [0.717, 1.165) is 6.19 Å². The van der Waals surface area contributed by atoms with Gasteiger partial charge in [0.2, 0.25) is 6.19 Å². The van der Waals surface area contributed by atoms with Crippen LogP contribution in [0.2, 0.25) is 0 Å². The average Bonchev–Trinajstić information content (AvgIpc) is 1.99. The molecule has 0 saturated heterocycles. The number of carbonyl (C=O) groups excluding carboxylic acids is 1. The van der Waals surface area contributed by atoms with Crippen LogP contribution in [0.5, 0.6) is 0 Å². The highest BCUT2D eigenvalue weighted by Crippen LogP contribution is 1.95. The highest BCUT2D eigenvalue weighted by molar-refractivity contribution is 7.83. The molecule has 3 N–H and O–H groups in total. The van der Waals surface area contributed by atoms with E-state index in [4.69, 9.17) is 5.26 Å². The van der Waals surface area contributed by atoms with E-state index in [9.17, 15) is 23.3 Å². The summed E-state index contributed by atoms with van der Waals surface area (Å²) >= 11 is 0. The molecule has 0 unspecified atom stereocenters. The number of rotatable bonds is 3. The fourth-order valence-electron chi connectivity index (χ4n) is 0.301. The number of amides is 2. The highest BCUT2D eigenvalue weighted by atomic mass is 32.2. The molecule has 0 spiro atoms. The number of primary amides is 1. The Morgan fingerprint density at radius 2 is 2.15 bits per heavy atom. The number of hydrogen-bond donors (Lipinski definition) is 2. The summed E-state index contributed by atoms with van der Waals surface area (Å²) in [4.78, 5) is 19.9. The van der Waals surface area contributed by atoms with Gasteiger partial charge in [0.1, 0.15) is 0 Å². The molecule has 0 aromatic heterocycles. The minimum atomic E-state index is -5.10. The third-order valence-corrected chi connectivity index (χ3v) is 1.73. The van der Waals surface area contributed by atoms with Gasteiger partial charge in [-0.25, -0.2) is 20.3 Å². The van der Waals surface area contributed by atoms with Gasteiger partial charge in [0.05, 0.1) is 0 Å². The van der Waals surface area contributed by atoms with E-state index in [-0.39, 0.29) is 0 Å². The lowest BCUT2D eigenvalue weighted by molar-refractivity contribution is -0.311. The Morgan fingerprint density at radius 3 is 2.38 bits per heavy atom. The lowest BCUT2D eigenvalue weighted by Gasteiger charge is -2.07. The summed E-state index contributed by atoms with van der Waals surface area (Å²) in [5.74, 6) is 0. The van der Waals surface area contributed by atoms with Crippen molar-refractivity contribution in [3.05, 3.63) is 10.1 Å². The maximum atomic E-state index is 10.5. The van der Waals surface area contributed by atoms with Gasteiger partial charge in [-0.15, -0.1) is 8.42 Å². The van der Waals surface area contributed by atoms with Gasteiger partial charge in [0.25, 0.3) is 0 Å². The average molecular weight is 209 g/mol. The first-order valence-corrected chi connectivity index (χ1v) is 3.87. The van der Waals surface area contributed by atoms with Gasteiger partial charge in [-0.1, -0.05) is 0 Å². The number of hydrogen-bond acceptors (Lipinski definition) is 6. The van der Waals surface area contributed by atoms with Crippen molar-refractivity contribution in [1.29, 1.82) is 5.26 Å². The maximum absolute atomic E-state index is 10.5. The Labute approximate surface area is 71.8 Å². The Balaban J connectivity index is 4.93. The molecule has 0 heterocycles. The summed E-state index contributed by atoms with van der Waals surface area (Å²) in [7, 11) is -5.10. The zero-order chi connectivity index (χ0) is 10.6. The largest absolute Gasteiger partial charge is 0.551 e. The predicted octanol–water partition coefficient (Wildman–Crippen LogP) is -2.13. The molecule has 0 radical (unpaired) electrons. The number of nitrogens with zero attached hydrogens (tertiary/aromatic N) is 3. The van der Waals surface area contributed by atoms with Crippen LogP contribution in [0, 0.1) is 21.6 Å². The molecule has 11 heteroatoms. The van der Waals surface area contributed by atoms with E-state index in [0.29, 0.717) is 0 Å². The number of carbonyl (C=O) groups is 1. The van der Waals surface area contributed by atoms with Crippen molar-refractivity contribution in [2.45, 2.75) is 0 Å². The van der Waals surface area contributed by atoms with Crippen LogP contribution in [-0.2, 0) is 10.2 Å². The fourth-order valence-corrected chi connectivity index (χ4v) is 0.743. The first-order chi connectivity index (χ1) is 5.82. The summed E-state index contributed by atoms with van der Waals surface area (Å²) in [6, 6.07) is -1.41. The second-order valence-corrected chi connectivity index (χ2v) is 3.10. The van der Waals surface area contributed by atoms with Crippen LogP contribution in [0.15, 0.2) is 0 Å². The van der Waals surface area contributed by atoms with Crippen LogP contribution in [0.4, 0.5) is 4.79 Å². The SMILES string of the molecule is N#CN(NC(N)=O)S(=O)(=O)[N+](=O)[O-]. The molecule has 0 bridgehead atoms. The van der Waals surface area contributed by atoms with Crippen molar-refractivity contribution < 1.29 is 17.5 Å². The number of nitrogens with two attached hydrogens (primary N) is 1. The molecular formula is C2H3N5O5S. The fraction of sp³-hybridized carbons (Fsp3) is 0. The molecule has 0 saturated carbocycles. The van der Waals surface area contributed by atoms with Crippen LogP contribution in [-0.4, -0.2) is 23.2 Å². The lowest BCUT2D eigenvalue weighted by atomic mass is 11.1. The summed E-state index contributed by atoms with van der Waals surface area (Å²) < 4.78 is 18.8. The van der Waals surface area contributed by atoms with Crippen molar-refractivity contribution in [3.63, 3.8) is 0 Å². The van der Waals surface area contributed by atoms with Gasteiger partial charge >= 0.3 is 16.2 Å². The second-order valence-electron chi connectivity index (χ2n) is 1.54. The van der Waals surface area contributed by atoms with Crippen LogP contribution >= 0.6 is 0 Å². The molecule has 0 rings (SSSR count). The molecule has 0 aliphatic carbocycles.